The zero-order valence-electron chi connectivity index (χ0n) is 9.70. The molecule has 0 fully saturated rings. The van der Waals surface area contributed by atoms with Gasteiger partial charge in [0.25, 0.3) is 0 Å². The molecule has 0 bridgehead atoms. The van der Waals surface area contributed by atoms with Crippen molar-refractivity contribution in [1.82, 2.24) is 4.98 Å². The van der Waals surface area contributed by atoms with E-state index in [9.17, 15) is 0 Å². The van der Waals surface area contributed by atoms with Crippen LogP contribution in [0.1, 0.15) is 38.3 Å². The van der Waals surface area contributed by atoms with Crippen molar-refractivity contribution < 1.29 is 0 Å². The van der Waals surface area contributed by atoms with Crippen LogP contribution in [-0.4, -0.2) is 16.5 Å². The molecule has 0 radical (unpaired) electrons. The molecule has 0 aromatic carbocycles. The van der Waals surface area contributed by atoms with Crippen molar-refractivity contribution in [2.75, 3.05) is 11.9 Å². The fourth-order valence-corrected chi connectivity index (χ4v) is 1.55. The van der Waals surface area contributed by atoms with Gasteiger partial charge in [0, 0.05) is 6.54 Å². The molecule has 0 saturated heterocycles. The Balaban J connectivity index is 2.29. The minimum atomic E-state index is 0.342. The van der Waals surface area contributed by atoms with Crippen LogP contribution >= 0.6 is 12.2 Å². The maximum atomic E-state index is 5.47. The van der Waals surface area contributed by atoms with Crippen molar-refractivity contribution in [3.8, 4) is 0 Å². The summed E-state index contributed by atoms with van der Waals surface area (Å²) in [6, 6.07) is 3.80. The standard InChI is InChI=1S/C12H19N3S/c1-2-3-4-5-8-14-10-6-7-11(12(13)16)15-9-10/h6-7,9,14H,2-5,8H2,1H3,(H2,13,16). The summed E-state index contributed by atoms with van der Waals surface area (Å²) in [6.45, 7) is 3.21. The van der Waals surface area contributed by atoms with Crippen LogP contribution in [0.4, 0.5) is 5.69 Å². The summed E-state index contributed by atoms with van der Waals surface area (Å²) in [7, 11) is 0. The third kappa shape index (κ3) is 4.57. The highest BCUT2D eigenvalue weighted by Gasteiger charge is 1.97. The van der Waals surface area contributed by atoms with Crippen LogP contribution in [0, 0.1) is 0 Å². The van der Waals surface area contributed by atoms with Gasteiger partial charge >= 0.3 is 0 Å². The lowest BCUT2D eigenvalue weighted by atomic mass is 10.2. The van der Waals surface area contributed by atoms with Crippen LogP contribution in [0.15, 0.2) is 18.3 Å². The first kappa shape index (κ1) is 12.9. The van der Waals surface area contributed by atoms with Crippen LogP contribution in [-0.2, 0) is 0 Å². The van der Waals surface area contributed by atoms with E-state index in [1.54, 1.807) is 6.20 Å². The molecule has 0 amide bonds. The molecule has 3 nitrogen and oxygen atoms in total. The van der Waals surface area contributed by atoms with Crippen LogP contribution in [0.25, 0.3) is 0 Å². The molecule has 0 atom stereocenters. The number of hydrogen-bond donors (Lipinski definition) is 2. The molecule has 88 valence electrons. The molecule has 1 aromatic heterocycles. The Bertz CT molecular complexity index is 322. The van der Waals surface area contributed by atoms with Gasteiger partial charge in [0.15, 0.2) is 0 Å². The number of thiocarbonyl (C=S) groups is 1. The van der Waals surface area contributed by atoms with E-state index >= 15 is 0 Å². The minimum Gasteiger partial charge on any atom is -0.388 e. The molecule has 1 heterocycles. The molecule has 0 saturated carbocycles. The number of hydrogen-bond acceptors (Lipinski definition) is 3. The Labute approximate surface area is 102 Å². The quantitative estimate of drug-likeness (QED) is 0.565. The largest absolute Gasteiger partial charge is 0.388 e. The summed E-state index contributed by atoms with van der Waals surface area (Å²) in [5, 5.41) is 3.32. The highest BCUT2D eigenvalue weighted by molar-refractivity contribution is 7.80. The number of nitrogens with one attached hydrogen (secondary N) is 1. The van der Waals surface area contributed by atoms with Gasteiger partial charge in [-0.1, -0.05) is 38.4 Å². The number of nitrogens with two attached hydrogens (primary N) is 1. The number of anilines is 1. The van der Waals surface area contributed by atoms with E-state index in [4.69, 9.17) is 18.0 Å². The first-order valence-electron chi connectivity index (χ1n) is 5.73. The van der Waals surface area contributed by atoms with E-state index in [0.717, 1.165) is 12.2 Å². The molecular weight excluding hydrogens is 218 g/mol. The molecule has 0 aliphatic carbocycles. The Hall–Kier alpha value is -1.16. The molecule has 0 aliphatic rings. The van der Waals surface area contributed by atoms with Gasteiger partial charge in [-0.3, -0.25) is 4.98 Å². The van der Waals surface area contributed by atoms with Gasteiger partial charge < -0.3 is 11.1 Å². The monoisotopic (exact) mass is 237 g/mol. The molecular formula is C12H19N3S. The number of rotatable bonds is 7. The second-order valence-electron chi connectivity index (χ2n) is 3.78. The number of aromatic nitrogens is 1. The van der Waals surface area contributed by atoms with Gasteiger partial charge in [-0.2, -0.15) is 0 Å². The summed E-state index contributed by atoms with van der Waals surface area (Å²) < 4.78 is 0. The van der Waals surface area contributed by atoms with Crippen LogP contribution in [0.3, 0.4) is 0 Å². The predicted octanol–water partition coefficient (Wildman–Crippen LogP) is 2.71. The lowest BCUT2D eigenvalue weighted by Gasteiger charge is -2.06. The molecule has 0 spiro atoms. The lowest BCUT2D eigenvalue weighted by molar-refractivity contribution is 0.685. The zero-order chi connectivity index (χ0) is 11.8. The first-order chi connectivity index (χ1) is 7.74. The molecule has 0 aliphatic heterocycles. The average Bonchev–Trinajstić information content (AvgIpc) is 2.29. The Kier molecular flexibility index (Phi) is 5.78. The third-order valence-electron chi connectivity index (χ3n) is 2.38. The highest BCUT2D eigenvalue weighted by atomic mass is 32.1. The van der Waals surface area contributed by atoms with Crippen molar-refractivity contribution in [1.29, 1.82) is 0 Å². The van der Waals surface area contributed by atoms with E-state index in [-0.39, 0.29) is 0 Å². The summed E-state index contributed by atoms with van der Waals surface area (Å²) in [5.74, 6) is 0. The van der Waals surface area contributed by atoms with Gasteiger partial charge in [-0.25, -0.2) is 0 Å². The summed E-state index contributed by atoms with van der Waals surface area (Å²) in [6.07, 6.45) is 6.83. The molecule has 3 N–H and O–H groups in total. The van der Waals surface area contributed by atoms with E-state index in [1.165, 1.54) is 25.7 Å². The predicted molar refractivity (Wildman–Crippen MR) is 72.8 cm³/mol. The number of nitrogens with zero attached hydrogens (tertiary/aromatic N) is 1. The summed E-state index contributed by atoms with van der Waals surface area (Å²) in [5.41, 5.74) is 7.16. The summed E-state index contributed by atoms with van der Waals surface area (Å²) in [4.78, 5) is 4.51. The smallest absolute Gasteiger partial charge is 0.122 e. The Morgan fingerprint density at radius 1 is 1.38 bits per heavy atom. The highest BCUT2D eigenvalue weighted by Crippen LogP contribution is 2.07. The Morgan fingerprint density at radius 3 is 2.75 bits per heavy atom. The van der Waals surface area contributed by atoms with E-state index in [1.807, 2.05) is 12.1 Å². The van der Waals surface area contributed by atoms with Crippen molar-refractivity contribution in [2.24, 2.45) is 5.73 Å². The van der Waals surface area contributed by atoms with Gasteiger partial charge in [-0.05, 0) is 18.6 Å². The van der Waals surface area contributed by atoms with Crippen molar-refractivity contribution in [2.45, 2.75) is 32.6 Å². The molecule has 0 unspecified atom stereocenters. The maximum Gasteiger partial charge on any atom is 0.122 e. The molecule has 16 heavy (non-hydrogen) atoms. The molecule has 1 aromatic rings. The number of pyridine rings is 1. The topological polar surface area (TPSA) is 50.9 Å². The van der Waals surface area contributed by atoms with Crippen LogP contribution in [0.5, 0.6) is 0 Å². The molecule has 4 heteroatoms. The van der Waals surface area contributed by atoms with Gasteiger partial charge in [0.05, 0.1) is 17.6 Å². The SMILES string of the molecule is CCCCCCNc1ccc(C(N)=S)nc1. The van der Waals surface area contributed by atoms with Crippen molar-refractivity contribution in [3.05, 3.63) is 24.0 Å². The maximum absolute atomic E-state index is 5.47. The van der Waals surface area contributed by atoms with E-state index < -0.39 is 0 Å². The third-order valence-corrected chi connectivity index (χ3v) is 2.58. The normalized spacial score (nSPS) is 10.1. The summed E-state index contributed by atoms with van der Waals surface area (Å²) >= 11 is 4.84. The average molecular weight is 237 g/mol. The molecule has 1 rings (SSSR count). The van der Waals surface area contributed by atoms with Crippen LogP contribution in [0.2, 0.25) is 0 Å². The number of unbranched alkanes of at least 4 members (excludes halogenated alkanes) is 3. The Morgan fingerprint density at radius 2 is 2.19 bits per heavy atom. The van der Waals surface area contributed by atoms with Gasteiger partial charge in [0.2, 0.25) is 0 Å². The first-order valence-corrected chi connectivity index (χ1v) is 6.14. The van der Waals surface area contributed by atoms with Gasteiger partial charge in [0.1, 0.15) is 4.99 Å². The second-order valence-corrected chi connectivity index (χ2v) is 4.22. The fraction of sp³-hybridized carbons (Fsp3) is 0.500. The van der Waals surface area contributed by atoms with Crippen molar-refractivity contribution >= 4 is 22.9 Å². The van der Waals surface area contributed by atoms with Gasteiger partial charge in [-0.15, -0.1) is 0 Å². The minimum absolute atomic E-state index is 0.342. The fourth-order valence-electron chi connectivity index (χ4n) is 1.43. The second kappa shape index (κ2) is 7.17. The van der Waals surface area contributed by atoms with Crippen molar-refractivity contribution in [3.63, 3.8) is 0 Å². The zero-order valence-corrected chi connectivity index (χ0v) is 10.5. The van der Waals surface area contributed by atoms with E-state index in [0.29, 0.717) is 10.7 Å². The van der Waals surface area contributed by atoms with E-state index in [2.05, 4.69) is 17.2 Å². The lowest BCUT2D eigenvalue weighted by Crippen LogP contribution is -2.11. The van der Waals surface area contributed by atoms with Crippen LogP contribution < -0.4 is 11.1 Å².